The van der Waals surface area contributed by atoms with Crippen LogP contribution in [0.15, 0.2) is 60.7 Å². The molecule has 0 heterocycles. The lowest BCUT2D eigenvalue weighted by molar-refractivity contribution is 0.308. The predicted octanol–water partition coefficient (Wildman–Crippen LogP) is 8.68. The molecule has 1 fully saturated rings. The van der Waals surface area contributed by atoms with Gasteiger partial charge in [-0.2, -0.15) is 0 Å². The van der Waals surface area contributed by atoms with Gasteiger partial charge >= 0.3 is 0 Å². The Morgan fingerprint density at radius 3 is 1.67 bits per heavy atom. The predicted molar refractivity (Wildman–Crippen MR) is 122 cm³/mol. The minimum absolute atomic E-state index is 0.0642. The molecule has 1 saturated carbocycles. The average molecular weight is 405 g/mol. The molecule has 3 aromatic rings. The van der Waals surface area contributed by atoms with E-state index in [2.05, 4.69) is 31.2 Å². The SMILES string of the molecule is CCCC1CCC(c2ccc(-c3ccc(-c4cc(F)c(C)c(F)c4)cc3)cc2)CC1. The van der Waals surface area contributed by atoms with Crippen molar-refractivity contribution in [3.63, 3.8) is 0 Å². The molecule has 4 rings (SSSR count). The fourth-order valence-electron chi connectivity index (χ4n) is 4.81. The molecule has 0 aromatic heterocycles. The molecule has 0 nitrogen and oxygen atoms in total. The zero-order valence-electron chi connectivity index (χ0n) is 17.9. The van der Waals surface area contributed by atoms with Crippen molar-refractivity contribution >= 4 is 0 Å². The number of hydrogen-bond acceptors (Lipinski definition) is 0. The van der Waals surface area contributed by atoms with Crippen LogP contribution in [0.3, 0.4) is 0 Å². The molecule has 0 N–H and O–H groups in total. The highest BCUT2D eigenvalue weighted by Crippen LogP contribution is 2.38. The van der Waals surface area contributed by atoms with Crippen molar-refractivity contribution in [3.8, 4) is 22.3 Å². The van der Waals surface area contributed by atoms with Crippen LogP contribution < -0.4 is 0 Å². The van der Waals surface area contributed by atoms with E-state index >= 15 is 0 Å². The third-order valence-corrected chi connectivity index (χ3v) is 6.76. The van der Waals surface area contributed by atoms with Crippen LogP contribution in [-0.2, 0) is 0 Å². The van der Waals surface area contributed by atoms with E-state index < -0.39 is 11.6 Å². The van der Waals surface area contributed by atoms with Gasteiger partial charge in [0.05, 0.1) is 0 Å². The summed E-state index contributed by atoms with van der Waals surface area (Å²) in [5.41, 5.74) is 5.19. The molecule has 30 heavy (non-hydrogen) atoms. The molecule has 0 aliphatic heterocycles. The smallest absolute Gasteiger partial charge is 0.129 e. The van der Waals surface area contributed by atoms with Gasteiger partial charge in [0, 0.05) is 5.56 Å². The minimum atomic E-state index is -0.506. The summed E-state index contributed by atoms with van der Waals surface area (Å²) in [4.78, 5) is 0. The number of rotatable bonds is 5. The lowest BCUT2D eigenvalue weighted by Gasteiger charge is -2.28. The van der Waals surface area contributed by atoms with E-state index in [1.54, 1.807) is 0 Å². The van der Waals surface area contributed by atoms with Gasteiger partial charge in [0.25, 0.3) is 0 Å². The van der Waals surface area contributed by atoms with Gasteiger partial charge in [-0.15, -0.1) is 0 Å². The summed E-state index contributed by atoms with van der Waals surface area (Å²) in [5.74, 6) is 0.613. The zero-order valence-corrected chi connectivity index (χ0v) is 17.9. The molecule has 2 heteroatoms. The molecule has 0 radical (unpaired) electrons. The molecular weight excluding hydrogens is 374 g/mol. The molecular formula is C28H30F2. The third-order valence-electron chi connectivity index (χ3n) is 6.76. The normalized spacial score (nSPS) is 19.1. The highest BCUT2D eigenvalue weighted by atomic mass is 19.1. The molecule has 0 saturated heterocycles. The summed E-state index contributed by atoms with van der Waals surface area (Å²) in [6.07, 6.45) is 8.02. The van der Waals surface area contributed by atoms with E-state index in [0.29, 0.717) is 11.5 Å². The number of halogens is 2. The van der Waals surface area contributed by atoms with Crippen LogP contribution in [0, 0.1) is 24.5 Å². The Labute approximate surface area is 179 Å². The van der Waals surface area contributed by atoms with Crippen LogP contribution in [-0.4, -0.2) is 0 Å². The van der Waals surface area contributed by atoms with E-state index in [-0.39, 0.29) is 5.56 Å². The van der Waals surface area contributed by atoms with E-state index in [1.165, 1.54) is 68.7 Å². The van der Waals surface area contributed by atoms with Gasteiger partial charge in [-0.05, 0) is 84.4 Å². The second-order valence-electron chi connectivity index (χ2n) is 8.77. The monoisotopic (exact) mass is 404 g/mol. The van der Waals surface area contributed by atoms with E-state index in [1.807, 2.05) is 24.3 Å². The quantitative estimate of drug-likeness (QED) is 0.399. The van der Waals surface area contributed by atoms with Crippen LogP contribution >= 0.6 is 0 Å². The van der Waals surface area contributed by atoms with Gasteiger partial charge in [-0.1, -0.05) is 68.3 Å². The Morgan fingerprint density at radius 1 is 0.700 bits per heavy atom. The number of benzene rings is 3. The van der Waals surface area contributed by atoms with Gasteiger partial charge in [0.2, 0.25) is 0 Å². The molecule has 1 aliphatic rings. The molecule has 0 spiro atoms. The molecule has 0 bridgehead atoms. The van der Waals surface area contributed by atoms with Crippen molar-refractivity contribution in [2.75, 3.05) is 0 Å². The van der Waals surface area contributed by atoms with Crippen molar-refractivity contribution < 1.29 is 8.78 Å². The summed E-state index contributed by atoms with van der Waals surface area (Å²) in [7, 11) is 0. The van der Waals surface area contributed by atoms with Crippen molar-refractivity contribution in [2.24, 2.45) is 5.92 Å². The van der Waals surface area contributed by atoms with E-state index in [4.69, 9.17) is 0 Å². The van der Waals surface area contributed by atoms with Gasteiger partial charge in [-0.25, -0.2) is 8.78 Å². The molecule has 3 aromatic carbocycles. The average Bonchev–Trinajstić information content (AvgIpc) is 2.78. The van der Waals surface area contributed by atoms with Gasteiger partial charge in [0.1, 0.15) is 11.6 Å². The Hall–Kier alpha value is -2.48. The standard InChI is InChI=1S/C28H30F2/c1-3-4-20-5-7-21(8-6-20)22-9-11-23(12-10-22)24-13-15-25(16-14-24)26-17-27(29)19(2)28(30)18-26/h9-18,20-21H,3-8H2,1-2H3. The highest BCUT2D eigenvalue weighted by molar-refractivity contribution is 5.70. The third kappa shape index (κ3) is 4.48. The largest absolute Gasteiger partial charge is 0.207 e. The van der Waals surface area contributed by atoms with E-state index in [9.17, 15) is 8.78 Å². The molecule has 156 valence electrons. The summed E-state index contributed by atoms with van der Waals surface area (Å²) in [6.45, 7) is 3.74. The lowest BCUT2D eigenvalue weighted by Crippen LogP contribution is -2.13. The van der Waals surface area contributed by atoms with Crippen LogP contribution in [0.4, 0.5) is 8.78 Å². The first-order valence-corrected chi connectivity index (χ1v) is 11.2. The first-order chi connectivity index (χ1) is 14.5. The molecule has 0 amide bonds. The van der Waals surface area contributed by atoms with Crippen molar-refractivity contribution in [1.29, 1.82) is 0 Å². The van der Waals surface area contributed by atoms with Crippen LogP contribution in [0.25, 0.3) is 22.3 Å². The summed E-state index contributed by atoms with van der Waals surface area (Å²) < 4.78 is 27.8. The van der Waals surface area contributed by atoms with Crippen molar-refractivity contribution in [1.82, 2.24) is 0 Å². The summed E-state index contributed by atoms with van der Waals surface area (Å²) >= 11 is 0. The maximum Gasteiger partial charge on any atom is 0.129 e. The fourth-order valence-corrected chi connectivity index (χ4v) is 4.81. The first kappa shape index (κ1) is 20.8. The summed E-state index contributed by atoms with van der Waals surface area (Å²) in [5, 5.41) is 0. The van der Waals surface area contributed by atoms with Crippen LogP contribution in [0.1, 0.15) is 62.5 Å². The first-order valence-electron chi connectivity index (χ1n) is 11.2. The lowest BCUT2D eigenvalue weighted by atomic mass is 9.77. The Bertz CT molecular complexity index is 955. The van der Waals surface area contributed by atoms with Crippen molar-refractivity contribution in [2.45, 2.75) is 58.3 Å². The Morgan fingerprint density at radius 2 is 1.17 bits per heavy atom. The molecule has 1 aliphatic carbocycles. The second kappa shape index (κ2) is 9.12. The molecule has 0 atom stereocenters. The van der Waals surface area contributed by atoms with Crippen molar-refractivity contribution in [3.05, 3.63) is 83.4 Å². The van der Waals surface area contributed by atoms with E-state index in [0.717, 1.165) is 17.0 Å². The zero-order chi connectivity index (χ0) is 21.1. The topological polar surface area (TPSA) is 0 Å². The highest BCUT2D eigenvalue weighted by Gasteiger charge is 2.21. The maximum atomic E-state index is 13.9. The Balaban J connectivity index is 1.46. The molecule has 0 unspecified atom stereocenters. The second-order valence-corrected chi connectivity index (χ2v) is 8.77. The van der Waals surface area contributed by atoms with Crippen LogP contribution in [0.2, 0.25) is 0 Å². The summed E-state index contributed by atoms with van der Waals surface area (Å²) in [6, 6.07) is 19.7. The maximum absolute atomic E-state index is 13.9. The van der Waals surface area contributed by atoms with Gasteiger partial charge in [-0.3, -0.25) is 0 Å². The van der Waals surface area contributed by atoms with Gasteiger partial charge < -0.3 is 0 Å². The Kier molecular flexibility index (Phi) is 6.32. The van der Waals surface area contributed by atoms with Gasteiger partial charge in [0.15, 0.2) is 0 Å². The van der Waals surface area contributed by atoms with Crippen LogP contribution in [0.5, 0.6) is 0 Å². The minimum Gasteiger partial charge on any atom is -0.207 e. The number of hydrogen-bond donors (Lipinski definition) is 0. The fraction of sp³-hybridized carbons (Fsp3) is 0.357.